The Balaban J connectivity index is 1.84. The van der Waals surface area contributed by atoms with Gasteiger partial charge in [0.25, 0.3) is 0 Å². The summed E-state index contributed by atoms with van der Waals surface area (Å²) in [5.74, 6) is -0.994. The molecular weight excluding hydrogens is 244 g/mol. The van der Waals surface area contributed by atoms with Crippen molar-refractivity contribution < 1.29 is 8.78 Å². The Morgan fingerprint density at radius 3 is 2.37 bits per heavy atom. The second kappa shape index (κ2) is 6.43. The van der Waals surface area contributed by atoms with Crippen molar-refractivity contribution >= 4 is 0 Å². The van der Waals surface area contributed by atoms with Crippen LogP contribution in [0, 0.1) is 18.6 Å². The molecule has 19 heavy (non-hydrogen) atoms. The van der Waals surface area contributed by atoms with Gasteiger partial charge in [0.2, 0.25) is 0 Å². The van der Waals surface area contributed by atoms with Crippen molar-refractivity contribution in [1.29, 1.82) is 0 Å². The summed E-state index contributed by atoms with van der Waals surface area (Å²) in [4.78, 5) is 0. The van der Waals surface area contributed by atoms with E-state index in [1.807, 2.05) is 19.1 Å². The molecule has 0 spiro atoms. The fourth-order valence-corrected chi connectivity index (χ4v) is 2.01. The number of benzene rings is 2. The van der Waals surface area contributed by atoms with E-state index in [4.69, 9.17) is 0 Å². The molecular formula is C16H17F2N. The molecule has 2 aromatic rings. The van der Waals surface area contributed by atoms with Gasteiger partial charge in [0.05, 0.1) is 0 Å². The lowest BCUT2D eigenvalue weighted by atomic mass is 10.1. The van der Waals surface area contributed by atoms with Gasteiger partial charge >= 0.3 is 0 Å². The molecule has 0 bridgehead atoms. The van der Waals surface area contributed by atoms with Crippen LogP contribution in [0.5, 0.6) is 0 Å². The molecule has 0 atom stereocenters. The van der Waals surface area contributed by atoms with Crippen LogP contribution in [0.2, 0.25) is 0 Å². The van der Waals surface area contributed by atoms with Crippen LogP contribution in [0.1, 0.15) is 16.7 Å². The minimum atomic E-state index is -0.497. The highest BCUT2D eigenvalue weighted by Gasteiger charge is 2.07. The number of hydrogen-bond donors (Lipinski definition) is 1. The van der Waals surface area contributed by atoms with E-state index in [2.05, 4.69) is 17.4 Å². The number of nitrogens with one attached hydrogen (secondary N) is 1. The minimum absolute atomic E-state index is 0.103. The molecule has 1 nitrogen and oxygen atoms in total. The second-order valence-corrected chi connectivity index (χ2v) is 4.62. The van der Waals surface area contributed by atoms with Crippen LogP contribution in [0.3, 0.4) is 0 Å². The Labute approximate surface area is 112 Å². The van der Waals surface area contributed by atoms with Gasteiger partial charge in [-0.2, -0.15) is 0 Å². The average Bonchev–Trinajstić information content (AvgIpc) is 2.37. The Kier molecular flexibility index (Phi) is 4.63. The summed E-state index contributed by atoms with van der Waals surface area (Å²) in [6.07, 6.45) is 0.845. The number of halogens is 2. The highest BCUT2D eigenvalue weighted by Crippen LogP contribution is 2.11. The van der Waals surface area contributed by atoms with Crippen LogP contribution in [0.4, 0.5) is 8.78 Å². The molecule has 0 aliphatic heterocycles. The largest absolute Gasteiger partial charge is 0.312 e. The summed E-state index contributed by atoms with van der Waals surface area (Å²) < 4.78 is 26.7. The van der Waals surface area contributed by atoms with Crippen molar-refractivity contribution in [2.45, 2.75) is 19.9 Å². The molecule has 0 radical (unpaired) electrons. The summed E-state index contributed by atoms with van der Waals surface area (Å²) in [6, 6.07) is 12.2. The van der Waals surface area contributed by atoms with E-state index >= 15 is 0 Å². The first kappa shape index (κ1) is 13.7. The first-order chi connectivity index (χ1) is 9.16. The van der Waals surface area contributed by atoms with Gasteiger partial charge in [-0.3, -0.25) is 0 Å². The van der Waals surface area contributed by atoms with E-state index in [-0.39, 0.29) is 12.1 Å². The van der Waals surface area contributed by atoms with E-state index in [9.17, 15) is 8.78 Å². The molecule has 100 valence electrons. The summed E-state index contributed by atoms with van der Waals surface area (Å²) in [7, 11) is 0. The predicted octanol–water partition coefficient (Wildman–Crippen LogP) is 3.61. The Hall–Kier alpha value is -1.74. The molecule has 0 aromatic heterocycles. The van der Waals surface area contributed by atoms with E-state index in [0.717, 1.165) is 6.42 Å². The van der Waals surface area contributed by atoms with Crippen LogP contribution < -0.4 is 5.32 Å². The fourth-order valence-electron chi connectivity index (χ4n) is 2.01. The average molecular weight is 261 g/mol. The zero-order valence-electron chi connectivity index (χ0n) is 10.9. The van der Waals surface area contributed by atoms with Gasteiger partial charge in [-0.25, -0.2) is 8.78 Å². The summed E-state index contributed by atoms with van der Waals surface area (Å²) >= 11 is 0. The summed E-state index contributed by atoms with van der Waals surface area (Å²) in [6.45, 7) is 2.95. The van der Waals surface area contributed by atoms with Crippen molar-refractivity contribution in [3.8, 4) is 0 Å². The summed E-state index contributed by atoms with van der Waals surface area (Å²) in [5, 5.41) is 3.07. The van der Waals surface area contributed by atoms with Crippen LogP contribution >= 0.6 is 0 Å². The monoisotopic (exact) mass is 261 g/mol. The van der Waals surface area contributed by atoms with E-state index in [0.29, 0.717) is 6.54 Å². The van der Waals surface area contributed by atoms with Crippen molar-refractivity contribution in [1.82, 2.24) is 5.32 Å². The third-order valence-electron chi connectivity index (χ3n) is 3.04. The molecule has 0 saturated carbocycles. The first-order valence-corrected chi connectivity index (χ1v) is 6.36. The highest BCUT2D eigenvalue weighted by molar-refractivity contribution is 5.22. The van der Waals surface area contributed by atoms with E-state index in [1.165, 1.54) is 29.3 Å². The predicted molar refractivity (Wildman–Crippen MR) is 72.9 cm³/mol. The molecule has 0 aliphatic rings. The standard InChI is InChI=1S/C16H17F2N/c1-12-4-2-5-13(10-12)8-9-19-11-14-15(17)6-3-7-16(14)18/h2-7,10,19H,8-9,11H2,1H3. The van der Waals surface area contributed by atoms with Gasteiger partial charge in [-0.05, 0) is 37.6 Å². The molecule has 2 aromatic carbocycles. The van der Waals surface area contributed by atoms with Crippen molar-refractivity contribution in [3.63, 3.8) is 0 Å². The van der Waals surface area contributed by atoms with Crippen LogP contribution in [-0.2, 0) is 13.0 Å². The number of hydrogen-bond acceptors (Lipinski definition) is 1. The number of rotatable bonds is 5. The van der Waals surface area contributed by atoms with Gasteiger partial charge in [0, 0.05) is 12.1 Å². The third kappa shape index (κ3) is 3.86. The highest BCUT2D eigenvalue weighted by atomic mass is 19.1. The molecule has 0 unspecified atom stereocenters. The number of aryl methyl sites for hydroxylation is 1. The van der Waals surface area contributed by atoms with E-state index in [1.54, 1.807) is 0 Å². The maximum Gasteiger partial charge on any atom is 0.130 e. The molecule has 2 rings (SSSR count). The molecule has 0 heterocycles. The van der Waals surface area contributed by atoms with Crippen molar-refractivity contribution in [3.05, 3.63) is 70.8 Å². The molecule has 0 amide bonds. The van der Waals surface area contributed by atoms with Crippen LogP contribution in [0.15, 0.2) is 42.5 Å². The lowest BCUT2D eigenvalue weighted by molar-refractivity contribution is 0.536. The zero-order valence-corrected chi connectivity index (χ0v) is 10.9. The smallest absolute Gasteiger partial charge is 0.130 e. The van der Waals surface area contributed by atoms with Crippen LogP contribution in [0.25, 0.3) is 0 Å². The van der Waals surface area contributed by atoms with Crippen molar-refractivity contribution in [2.24, 2.45) is 0 Å². The quantitative estimate of drug-likeness (QED) is 0.811. The summed E-state index contributed by atoms with van der Waals surface area (Å²) in [5.41, 5.74) is 2.55. The van der Waals surface area contributed by atoms with Gasteiger partial charge in [-0.1, -0.05) is 35.9 Å². The third-order valence-corrected chi connectivity index (χ3v) is 3.04. The topological polar surface area (TPSA) is 12.0 Å². The van der Waals surface area contributed by atoms with Gasteiger partial charge in [0.1, 0.15) is 11.6 Å². The lowest BCUT2D eigenvalue weighted by Gasteiger charge is -2.07. The molecule has 0 saturated heterocycles. The maximum atomic E-state index is 13.4. The molecule has 1 N–H and O–H groups in total. The second-order valence-electron chi connectivity index (χ2n) is 4.62. The van der Waals surface area contributed by atoms with Gasteiger partial charge in [0.15, 0.2) is 0 Å². The van der Waals surface area contributed by atoms with Gasteiger partial charge in [-0.15, -0.1) is 0 Å². The van der Waals surface area contributed by atoms with Crippen molar-refractivity contribution in [2.75, 3.05) is 6.54 Å². The molecule has 3 heteroatoms. The minimum Gasteiger partial charge on any atom is -0.312 e. The SMILES string of the molecule is Cc1cccc(CCNCc2c(F)cccc2F)c1. The Morgan fingerprint density at radius 1 is 1.00 bits per heavy atom. The molecule has 0 aliphatic carbocycles. The maximum absolute atomic E-state index is 13.4. The molecule has 0 fully saturated rings. The van der Waals surface area contributed by atoms with Crippen LogP contribution in [-0.4, -0.2) is 6.54 Å². The Morgan fingerprint density at radius 2 is 1.68 bits per heavy atom. The normalized spacial score (nSPS) is 10.7. The lowest BCUT2D eigenvalue weighted by Crippen LogP contribution is -2.18. The first-order valence-electron chi connectivity index (χ1n) is 6.36. The fraction of sp³-hybridized carbons (Fsp3) is 0.250. The zero-order chi connectivity index (χ0) is 13.7. The van der Waals surface area contributed by atoms with Gasteiger partial charge < -0.3 is 5.32 Å². The Bertz CT molecular complexity index is 532. The van der Waals surface area contributed by atoms with E-state index < -0.39 is 11.6 Å².